The van der Waals surface area contributed by atoms with Gasteiger partial charge >= 0.3 is 0 Å². The molecule has 0 fully saturated rings. The van der Waals surface area contributed by atoms with E-state index in [1.807, 2.05) is 0 Å². The van der Waals surface area contributed by atoms with E-state index in [0.717, 1.165) is 24.3 Å². The third-order valence-electron chi connectivity index (χ3n) is 3.64. The lowest BCUT2D eigenvalue weighted by molar-refractivity contribution is 0.174. The molecule has 0 bridgehead atoms. The number of aryl methyl sites for hydroxylation is 1. The lowest BCUT2D eigenvalue weighted by atomic mass is 9.94. The van der Waals surface area contributed by atoms with E-state index >= 15 is 0 Å². The molecule has 1 heterocycles. The molecule has 0 amide bonds. The van der Waals surface area contributed by atoms with Gasteiger partial charge in [0, 0.05) is 12.1 Å². The van der Waals surface area contributed by atoms with Crippen molar-refractivity contribution in [1.29, 1.82) is 0 Å². The molecular weight excluding hydrogens is 240 g/mol. The Labute approximate surface area is 115 Å². The van der Waals surface area contributed by atoms with Crippen molar-refractivity contribution in [3.05, 3.63) is 23.3 Å². The van der Waals surface area contributed by atoms with Crippen molar-refractivity contribution in [2.24, 2.45) is 5.73 Å². The van der Waals surface area contributed by atoms with Crippen molar-refractivity contribution in [2.45, 2.75) is 38.8 Å². The fourth-order valence-corrected chi connectivity index (χ4v) is 2.53. The molecule has 4 nitrogen and oxygen atoms in total. The maximum absolute atomic E-state index is 5.88. The van der Waals surface area contributed by atoms with Gasteiger partial charge in [0.05, 0.1) is 0 Å². The minimum Gasteiger partial charge on any atom is -0.454 e. The summed E-state index contributed by atoms with van der Waals surface area (Å²) in [4.78, 5) is 2.24. The molecule has 19 heavy (non-hydrogen) atoms. The molecule has 1 aliphatic rings. The van der Waals surface area contributed by atoms with E-state index in [0.29, 0.717) is 12.8 Å². The molecule has 106 valence electrons. The van der Waals surface area contributed by atoms with Crippen molar-refractivity contribution in [1.82, 2.24) is 4.90 Å². The second-order valence-corrected chi connectivity index (χ2v) is 5.60. The van der Waals surface area contributed by atoms with E-state index < -0.39 is 0 Å². The molecule has 1 aliphatic heterocycles. The average molecular weight is 264 g/mol. The number of hydrogen-bond acceptors (Lipinski definition) is 4. The van der Waals surface area contributed by atoms with Crippen LogP contribution in [0.1, 0.15) is 36.9 Å². The van der Waals surface area contributed by atoms with Crippen LogP contribution in [0.15, 0.2) is 12.1 Å². The molecule has 4 heteroatoms. The Morgan fingerprint density at radius 3 is 2.42 bits per heavy atom. The van der Waals surface area contributed by atoms with E-state index in [1.165, 1.54) is 11.1 Å². The van der Waals surface area contributed by atoms with E-state index in [9.17, 15) is 0 Å². The standard InChI is InChI=1S/C15H24N2O2/c1-10-7-14-15(19-9-18-14)8-12(10)13(17(3)4)6-5-11(2)16/h7-8,11,13H,5-6,9,16H2,1-4H3. The Bertz CT molecular complexity index is 444. The summed E-state index contributed by atoms with van der Waals surface area (Å²) < 4.78 is 10.9. The zero-order valence-electron chi connectivity index (χ0n) is 12.3. The van der Waals surface area contributed by atoms with Crippen LogP contribution in [0.25, 0.3) is 0 Å². The molecule has 1 aromatic rings. The normalized spacial score (nSPS) is 16.7. The highest BCUT2D eigenvalue weighted by molar-refractivity contribution is 5.49. The molecular formula is C15H24N2O2. The van der Waals surface area contributed by atoms with Crippen molar-refractivity contribution in [2.75, 3.05) is 20.9 Å². The summed E-state index contributed by atoms with van der Waals surface area (Å²) in [5, 5.41) is 0. The lowest BCUT2D eigenvalue weighted by Gasteiger charge is -2.27. The van der Waals surface area contributed by atoms with Gasteiger partial charge in [-0.25, -0.2) is 0 Å². The highest BCUT2D eigenvalue weighted by Gasteiger charge is 2.22. The smallest absolute Gasteiger partial charge is 0.231 e. The van der Waals surface area contributed by atoms with E-state index in [2.05, 4.69) is 45.0 Å². The number of ether oxygens (including phenoxy) is 2. The minimum absolute atomic E-state index is 0.233. The van der Waals surface area contributed by atoms with Crippen LogP contribution in [-0.4, -0.2) is 31.8 Å². The fourth-order valence-electron chi connectivity index (χ4n) is 2.53. The Hall–Kier alpha value is -1.26. The van der Waals surface area contributed by atoms with E-state index in [-0.39, 0.29) is 6.04 Å². The largest absolute Gasteiger partial charge is 0.454 e. The zero-order chi connectivity index (χ0) is 14.0. The van der Waals surface area contributed by atoms with Gasteiger partial charge in [-0.2, -0.15) is 0 Å². The third-order valence-corrected chi connectivity index (χ3v) is 3.64. The van der Waals surface area contributed by atoms with E-state index in [4.69, 9.17) is 15.2 Å². The Kier molecular flexibility index (Phi) is 4.32. The van der Waals surface area contributed by atoms with Crippen LogP contribution >= 0.6 is 0 Å². The molecule has 2 N–H and O–H groups in total. The molecule has 2 atom stereocenters. The summed E-state index contributed by atoms with van der Waals surface area (Å²) in [5.41, 5.74) is 8.43. The molecule has 0 radical (unpaired) electrons. The molecule has 0 aromatic heterocycles. The van der Waals surface area contributed by atoms with Crippen LogP contribution < -0.4 is 15.2 Å². The summed E-state index contributed by atoms with van der Waals surface area (Å²) >= 11 is 0. The number of nitrogens with two attached hydrogens (primary N) is 1. The molecule has 0 saturated heterocycles. The SMILES string of the molecule is Cc1cc2c(cc1C(CCC(C)N)N(C)C)OCO2. The number of benzene rings is 1. The average Bonchev–Trinajstić information content (AvgIpc) is 2.75. The molecule has 0 saturated carbocycles. The summed E-state index contributed by atoms with van der Waals surface area (Å²) in [6.45, 7) is 4.50. The number of hydrogen-bond donors (Lipinski definition) is 1. The Balaban J connectivity index is 2.26. The van der Waals surface area contributed by atoms with E-state index in [1.54, 1.807) is 0 Å². The van der Waals surface area contributed by atoms with Crippen LogP contribution in [0.4, 0.5) is 0 Å². The van der Waals surface area contributed by atoms with Crippen molar-refractivity contribution >= 4 is 0 Å². The van der Waals surface area contributed by atoms with Gasteiger partial charge in [-0.1, -0.05) is 0 Å². The molecule has 1 aromatic carbocycles. The first kappa shape index (κ1) is 14.2. The first-order chi connectivity index (χ1) is 8.99. The third kappa shape index (κ3) is 3.19. The second-order valence-electron chi connectivity index (χ2n) is 5.60. The predicted octanol–water partition coefficient (Wildman–Crippen LogP) is 2.45. The van der Waals surface area contributed by atoms with Gasteiger partial charge in [-0.3, -0.25) is 0 Å². The van der Waals surface area contributed by atoms with Crippen LogP contribution in [0.5, 0.6) is 11.5 Å². The van der Waals surface area contributed by atoms with Crippen molar-refractivity contribution in [3.63, 3.8) is 0 Å². The molecule has 0 spiro atoms. The van der Waals surface area contributed by atoms with Gasteiger partial charge in [0.2, 0.25) is 6.79 Å². The summed E-state index contributed by atoms with van der Waals surface area (Å²) in [6, 6.07) is 4.78. The predicted molar refractivity (Wildman–Crippen MR) is 76.6 cm³/mol. The van der Waals surface area contributed by atoms with Gasteiger partial charge in [0.25, 0.3) is 0 Å². The maximum Gasteiger partial charge on any atom is 0.231 e. The van der Waals surface area contributed by atoms with Gasteiger partial charge in [0.1, 0.15) is 0 Å². The summed E-state index contributed by atoms with van der Waals surface area (Å²) in [7, 11) is 4.21. The van der Waals surface area contributed by atoms with Crippen LogP contribution in [0.2, 0.25) is 0 Å². The topological polar surface area (TPSA) is 47.7 Å². The Morgan fingerprint density at radius 1 is 1.21 bits per heavy atom. The zero-order valence-corrected chi connectivity index (χ0v) is 12.3. The minimum atomic E-state index is 0.233. The van der Waals surface area contributed by atoms with Gasteiger partial charge in [0.15, 0.2) is 11.5 Å². The van der Waals surface area contributed by atoms with Gasteiger partial charge in [-0.05, 0) is 64.0 Å². The molecule has 0 aliphatic carbocycles. The van der Waals surface area contributed by atoms with Crippen LogP contribution in [0, 0.1) is 6.92 Å². The summed E-state index contributed by atoms with van der Waals surface area (Å²) in [5.74, 6) is 1.71. The summed E-state index contributed by atoms with van der Waals surface area (Å²) in [6.07, 6.45) is 2.06. The van der Waals surface area contributed by atoms with Crippen molar-refractivity contribution in [3.8, 4) is 11.5 Å². The first-order valence-corrected chi connectivity index (χ1v) is 6.81. The van der Waals surface area contributed by atoms with Crippen molar-refractivity contribution < 1.29 is 9.47 Å². The molecule has 2 rings (SSSR count). The molecule has 2 unspecified atom stereocenters. The Morgan fingerprint density at radius 2 is 1.84 bits per heavy atom. The highest BCUT2D eigenvalue weighted by Crippen LogP contribution is 2.38. The number of rotatable bonds is 5. The first-order valence-electron chi connectivity index (χ1n) is 6.81. The van der Waals surface area contributed by atoms with Gasteiger partial charge in [-0.15, -0.1) is 0 Å². The second kappa shape index (κ2) is 5.80. The lowest BCUT2D eigenvalue weighted by Crippen LogP contribution is -2.24. The van der Waals surface area contributed by atoms with Gasteiger partial charge < -0.3 is 20.1 Å². The fraction of sp³-hybridized carbons (Fsp3) is 0.600. The quantitative estimate of drug-likeness (QED) is 0.887. The number of nitrogens with zero attached hydrogens (tertiary/aromatic N) is 1. The number of fused-ring (bicyclic) bond motifs is 1. The monoisotopic (exact) mass is 264 g/mol. The maximum atomic E-state index is 5.88. The van der Waals surface area contributed by atoms with Crippen LogP contribution in [-0.2, 0) is 0 Å². The van der Waals surface area contributed by atoms with Crippen LogP contribution in [0.3, 0.4) is 0 Å². The highest BCUT2D eigenvalue weighted by atomic mass is 16.7.